The van der Waals surface area contributed by atoms with Gasteiger partial charge in [0.15, 0.2) is 0 Å². The molecule has 0 fully saturated rings. The number of anilines is 2. The van der Waals surface area contributed by atoms with Gasteiger partial charge in [-0.1, -0.05) is 19.9 Å². The van der Waals surface area contributed by atoms with E-state index in [0.29, 0.717) is 12.2 Å². The third kappa shape index (κ3) is 5.94. The van der Waals surface area contributed by atoms with Crippen molar-refractivity contribution in [1.82, 2.24) is 5.32 Å². The van der Waals surface area contributed by atoms with Gasteiger partial charge >= 0.3 is 0 Å². The van der Waals surface area contributed by atoms with Crippen LogP contribution in [0.4, 0.5) is 11.4 Å². The molecule has 0 heterocycles. The van der Waals surface area contributed by atoms with E-state index < -0.39 is 10.0 Å². The molecule has 19 heavy (non-hydrogen) atoms. The molecule has 0 unspecified atom stereocenters. The van der Waals surface area contributed by atoms with Crippen LogP contribution in [0.3, 0.4) is 0 Å². The normalized spacial score (nSPS) is 11.6. The van der Waals surface area contributed by atoms with Gasteiger partial charge in [-0.15, -0.1) is 0 Å². The van der Waals surface area contributed by atoms with E-state index in [0.717, 1.165) is 5.69 Å². The molecule has 5 nitrogen and oxygen atoms in total. The number of hydrogen-bond acceptors (Lipinski definition) is 4. The van der Waals surface area contributed by atoms with Crippen molar-refractivity contribution in [2.75, 3.05) is 36.0 Å². The molecule has 0 atom stereocenters. The molecule has 0 amide bonds. The zero-order valence-electron chi connectivity index (χ0n) is 12.0. The number of sulfonamides is 1. The van der Waals surface area contributed by atoms with Crippen LogP contribution < -0.4 is 14.9 Å². The first kappa shape index (κ1) is 15.8. The Kier molecular flexibility index (Phi) is 5.62. The highest BCUT2D eigenvalue weighted by Gasteiger charge is 2.10. The summed E-state index contributed by atoms with van der Waals surface area (Å²) < 4.78 is 26.4. The van der Waals surface area contributed by atoms with Crippen LogP contribution in [-0.4, -0.2) is 40.9 Å². The van der Waals surface area contributed by atoms with Crippen molar-refractivity contribution in [2.24, 2.45) is 0 Å². The van der Waals surface area contributed by atoms with Crippen LogP contribution in [0.25, 0.3) is 0 Å². The molecule has 0 saturated carbocycles. The number of nitrogens with one attached hydrogen (secondary N) is 2. The molecule has 2 N–H and O–H groups in total. The summed E-state index contributed by atoms with van der Waals surface area (Å²) in [7, 11) is 0.530. The molecule has 0 aliphatic heterocycles. The smallest absolute Gasteiger partial charge is 0.233 e. The molecular weight excluding hydrogens is 262 g/mol. The second kappa shape index (κ2) is 6.77. The first-order valence-electron chi connectivity index (χ1n) is 6.31. The third-order valence-electron chi connectivity index (χ3n) is 2.56. The molecule has 0 aliphatic rings. The van der Waals surface area contributed by atoms with E-state index in [1.165, 1.54) is 0 Å². The van der Waals surface area contributed by atoms with Crippen LogP contribution >= 0.6 is 0 Å². The maximum absolute atomic E-state index is 11.9. The molecule has 0 bridgehead atoms. The Morgan fingerprint density at radius 1 is 1.26 bits per heavy atom. The summed E-state index contributed by atoms with van der Waals surface area (Å²) in [5, 5.41) is 3.09. The lowest BCUT2D eigenvalue weighted by Crippen LogP contribution is -2.30. The fourth-order valence-electron chi connectivity index (χ4n) is 1.56. The summed E-state index contributed by atoms with van der Waals surface area (Å²) in [6, 6.07) is 7.61. The lowest BCUT2D eigenvalue weighted by Gasteiger charge is -2.15. The second-order valence-corrected chi connectivity index (χ2v) is 6.82. The molecule has 6 heteroatoms. The van der Waals surface area contributed by atoms with Gasteiger partial charge in [0.2, 0.25) is 10.0 Å². The Morgan fingerprint density at radius 2 is 1.95 bits per heavy atom. The summed E-state index contributed by atoms with van der Waals surface area (Å²) in [5.41, 5.74) is 1.55. The van der Waals surface area contributed by atoms with Gasteiger partial charge < -0.3 is 10.2 Å². The van der Waals surface area contributed by atoms with Crippen molar-refractivity contribution < 1.29 is 8.42 Å². The molecule has 0 spiro atoms. The zero-order chi connectivity index (χ0) is 14.5. The first-order valence-corrected chi connectivity index (χ1v) is 7.96. The van der Waals surface area contributed by atoms with Crippen LogP contribution in [0.15, 0.2) is 24.3 Å². The van der Waals surface area contributed by atoms with E-state index >= 15 is 0 Å². The van der Waals surface area contributed by atoms with Crippen molar-refractivity contribution in [1.29, 1.82) is 0 Å². The van der Waals surface area contributed by atoms with Crippen molar-refractivity contribution in [2.45, 2.75) is 19.9 Å². The van der Waals surface area contributed by atoms with Crippen molar-refractivity contribution in [3.8, 4) is 0 Å². The molecule has 1 aromatic carbocycles. The van der Waals surface area contributed by atoms with E-state index in [2.05, 4.69) is 10.0 Å². The van der Waals surface area contributed by atoms with Gasteiger partial charge in [0.05, 0.1) is 11.4 Å². The van der Waals surface area contributed by atoms with Gasteiger partial charge in [-0.25, -0.2) is 8.42 Å². The fourth-order valence-corrected chi connectivity index (χ4v) is 2.53. The van der Waals surface area contributed by atoms with E-state index in [1.807, 2.05) is 51.0 Å². The maximum Gasteiger partial charge on any atom is 0.233 e. The summed E-state index contributed by atoms with van der Waals surface area (Å²) in [5.74, 6) is 0.0668. The van der Waals surface area contributed by atoms with Crippen LogP contribution in [0, 0.1) is 0 Å². The molecule has 1 rings (SSSR count). The van der Waals surface area contributed by atoms with Crippen LogP contribution in [-0.2, 0) is 10.0 Å². The van der Waals surface area contributed by atoms with E-state index in [9.17, 15) is 8.42 Å². The maximum atomic E-state index is 11.9. The Hall–Kier alpha value is -1.27. The summed E-state index contributed by atoms with van der Waals surface area (Å²) in [6.45, 7) is 4.42. The Balaban J connectivity index is 2.65. The molecule has 1 aromatic rings. The molecule has 0 aromatic heterocycles. The van der Waals surface area contributed by atoms with Crippen molar-refractivity contribution >= 4 is 21.4 Å². The Bertz CT molecular complexity index is 498. The molecule has 108 valence electrons. The SMILES string of the molecule is CC(C)NCCS(=O)(=O)Nc1cccc(N(C)C)c1. The van der Waals surface area contributed by atoms with E-state index in [1.54, 1.807) is 6.07 Å². The van der Waals surface area contributed by atoms with E-state index in [4.69, 9.17) is 0 Å². The quantitative estimate of drug-likeness (QED) is 0.797. The monoisotopic (exact) mass is 285 g/mol. The average molecular weight is 285 g/mol. The van der Waals surface area contributed by atoms with Gasteiger partial charge in [-0.05, 0) is 18.2 Å². The van der Waals surface area contributed by atoms with Crippen LogP contribution in [0.5, 0.6) is 0 Å². The van der Waals surface area contributed by atoms with Gasteiger partial charge in [0, 0.05) is 32.4 Å². The third-order valence-corrected chi connectivity index (χ3v) is 3.85. The Labute approximate surface area is 116 Å². The molecule has 0 radical (unpaired) electrons. The van der Waals surface area contributed by atoms with Crippen LogP contribution in [0.2, 0.25) is 0 Å². The average Bonchev–Trinajstić information content (AvgIpc) is 2.27. The van der Waals surface area contributed by atoms with Crippen molar-refractivity contribution in [3.05, 3.63) is 24.3 Å². The Morgan fingerprint density at radius 3 is 2.53 bits per heavy atom. The van der Waals surface area contributed by atoms with E-state index in [-0.39, 0.29) is 11.8 Å². The topological polar surface area (TPSA) is 61.4 Å². The summed E-state index contributed by atoms with van der Waals surface area (Å²) in [6.07, 6.45) is 0. The molecule has 0 saturated heterocycles. The second-order valence-electron chi connectivity index (χ2n) is 4.97. The minimum Gasteiger partial charge on any atom is -0.378 e. The minimum atomic E-state index is -3.30. The largest absolute Gasteiger partial charge is 0.378 e. The molecular formula is C13H23N3O2S. The number of hydrogen-bond donors (Lipinski definition) is 2. The van der Waals surface area contributed by atoms with Gasteiger partial charge in [0.1, 0.15) is 0 Å². The van der Waals surface area contributed by atoms with Crippen molar-refractivity contribution in [3.63, 3.8) is 0 Å². The predicted molar refractivity (Wildman–Crippen MR) is 81.3 cm³/mol. The highest BCUT2D eigenvalue weighted by Crippen LogP contribution is 2.18. The predicted octanol–water partition coefficient (Wildman–Crippen LogP) is 1.49. The van der Waals surface area contributed by atoms with Gasteiger partial charge in [-0.2, -0.15) is 0 Å². The lowest BCUT2D eigenvalue weighted by molar-refractivity contribution is 0.582. The first-order chi connectivity index (χ1) is 8.80. The fraction of sp³-hybridized carbons (Fsp3) is 0.538. The highest BCUT2D eigenvalue weighted by atomic mass is 32.2. The lowest BCUT2D eigenvalue weighted by atomic mass is 10.3. The summed E-state index contributed by atoms with van der Waals surface area (Å²) >= 11 is 0. The summed E-state index contributed by atoms with van der Waals surface area (Å²) in [4.78, 5) is 1.93. The minimum absolute atomic E-state index is 0.0668. The molecule has 0 aliphatic carbocycles. The number of benzene rings is 1. The number of rotatable bonds is 7. The van der Waals surface area contributed by atoms with Gasteiger partial charge in [-0.3, -0.25) is 4.72 Å². The number of nitrogens with zero attached hydrogens (tertiary/aromatic N) is 1. The standard InChI is InChI=1S/C13H23N3O2S/c1-11(2)14-8-9-19(17,18)15-12-6-5-7-13(10-12)16(3)4/h5-7,10-11,14-15H,8-9H2,1-4H3. The van der Waals surface area contributed by atoms with Gasteiger partial charge in [0.25, 0.3) is 0 Å². The highest BCUT2D eigenvalue weighted by molar-refractivity contribution is 7.92. The van der Waals surface area contributed by atoms with Crippen LogP contribution in [0.1, 0.15) is 13.8 Å². The zero-order valence-corrected chi connectivity index (χ0v) is 12.8.